The third-order valence-electron chi connectivity index (χ3n) is 2.85. The summed E-state index contributed by atoms with van der Waals surface area (Å²) in [6, 6.07) is 0. The standard InChI is InChI=1S/C11H11N5O3S2/c1-20-7-4-10(21-6(7)3(18)2-17)14-8-5(13-4)9(19)16-11(12)15-8/h3,17-18H,2H2,1H3,(H3,12,14,15,16,19)/i11+1,12+1,16+1. The van der Waals surface area contributed by atoms with Gasteiger partial charge >= 0.3 is 0 Å². The summed E-state index contributed by atoms with van der Waals surface area (Å²) in [7, 11) is 0. The van der Waals surface area contributed by atoms with Gasteiger partial charge < -0.3 is 15.9 Å². The van der Waals surface area contributed by atoms with Crippen LogP contribution in [-0.2, 0) is 0 Å². The van der Waals surface area contributed by atoms with Crippen LogP contribution in [0.1, 0.15) is 11.0 Å². The fourth-order valence-corrected chi connectivity index (χ4v) is 4.04. The smallest absolute Gasteiger partial charge is 0.280 e. The molecule has 0 spiro atoms. The van der Waals surface area contributed by atoms with Gasteiger partial charge in [-0.15, -0.1) is 23.1 Å². The molecule has 0 fully saturated rings. The predicted octanol–water partition coefficient (Wildman–Crippen LogP) is 0.258. The molecule has 0 radical (unpaired) electrons. The molecule has 21 heavy (non-hydrogen) atoms. The number of aromatic nitrogens is 4. The molecule has 0 saturated carbocycles. The number of nitrogens with zero attached hydrogens (tertiary/aromatic N) is 3. The van der Waals surface area contributed by atoms with Crippen LogP contribution in [0.25, 0.3) is 21.5 Å². The van der Waals surface area contributed by atoms with Crippen LogP contribution in [0, 0.1) is 0 Å². The molecule has 0 aromatic carbocycles. The van der Waals surface area contributed by atoms with E-state index in [2.05, 4.69) is 19.9 Å². The summed E-state index contributed by atoms with van der Waals surface area (Å²) < 4.78 is 0. The highest BCUT2D eigenvalue weighted by Gasteiger charge is 2.21. The van der Waals surface area contributed by atoms with Gasteiger partial charge in [-0.25, -0.2) is 9.97 Å². The Morgan fingerprint density at radius 3 is 2.81 bits per heavy atom. The summed E-state index contributed by atoms with van der Waals surface area (Å²) in [4.78, 5) is 28.6. The van der Waals surface area contributed by atoms with Gasteiger partial charge in [-0.2, -0.15) is 4.98 Å². The summed E-state index contributed by atoms with van der Waals surface area (Å²) >= 11 is 2.58. The van der Waals surface area contributed by atoms with Gasteiger partial charge in [0.2, 0.25) is 5.95 Å². The molecule has 5 N–H and O–H groups in total. The molecule has 3 aromatic heterocycles. The Hall–Kier alpha value is -1.75. The molecule has 8 nitrogen and oxygen atoms in total. The lowest BCUT2D eigenvalue weighted by atomic mass is 10.3. The van der Waals surface area contributed by atoms with Crippen molar-refractivity contribution < 1.29 is 10.2 Å². The summed E-state index contributed by atoms with van der Waals surface area (Å²) in [5.74, 6) is -0.0292. The molecule has 1 atom stereocenters. The van der Waals surface area contributed by atoms with Crippen molar-refractivity contribution in [3.8, 4) is 0 Å². The molecule has 10 heteroatoms. The highest BCUT2D eigenvalue weighted by atomic mass is 32.2. The van der Waals surface area contributed by atoms with Crippen LogP contribution in [0.3, 0.4) is 0 Å². The van der Waals surface area contributed by atoms with Crippen LogP contribution in [0.15, 0.2) is 9.69 Å². The van der Waals surface area contributed by atoms with E-state index in [4.69, 9.17) is 10.8 Å². The Morgan fingerprint density at radius 1 is 1.38 bits per heavy atom. The maximum atomic E-state index is 11.9. The van der Waals surface area contributed by atoms with Crippen molar-refractivity contribution in [1.29, 1.82) is 0 Å². The minimum absolute atomic E-state index is 0.0292. The zero-order chi connectivity index (χ0) is 15.1. The van der Waals surface area contributed by atoms with E-state index in [9.17, 15) is 9.90 Å². The molecule has 110 valence electrons. The van der Waals surface area contributed by atoms with Gasteiger partial charge in [-0.1, -0.05) is 0 Å². The van der Waals surface area contributed by atoms with Gasteiger partial charge in [0, 0.05) is 0 Å². The van der Waals surface area contributed by atoms with E-state index in [1.165, 1.54) is 23.1 Å². The average Bonchev–Trinajstić information content (AvgIpc) is 2.81. The number of anilines is 1. The third kappa shape index (κ3) is 2.25. The maximum Gasteiger partial charge on any atom is 0.280 e. The molecule has 0 saturated heterocycles. The fourth-order valence-electron chi connectivity index (χ4n) is 1.95. The number of rotatable bonds is 3. The van der Waals surface area contributed by atoms with Crippen molar-refractivity contribution in [3.05, 3.63) is 15.2 Å². The number of hydrogen-bond donors (Lipinski definition) is 4. The number of thiophene rings is 1. The van der Waals surface area contributed by atoms with Gasteiger partial charge in [-0.05, 0) is 6.26 Å². The number of nitrogen functional groups attached to an aromatic ring is 1. The molecular weight excluding hydrogens is 317 g/mol. The minimum atomic E-state index is -1.01. The largest absolute Gasteiger partial charge is 0.393 e. The van der Waals surface area contributed by atoms with Gasteiger partial charge in [0.25, 0.3) is 5.56 Å². The Bertz CT molecular complexity index is 891. The van der Waals surface area contributed by atoms with E-state index in [1.54, 1.807) is 0 Å². The molecule has 0 amide bonds. The quantitative estimate of drug-likeness (QED) is 0.397. The van der Waals surface area contributed by atoms with E-state index in [-0.39, 0.29) is 17.1 Å². The van der Waals surface area contributed by atoms with E-state index in [0.29, 0.717) is 20.1 Å². The van der Waals surface area contributed by atoms with Gasteiger partial charge in [0.05, 0.1) is 16.4 Å². The molecular formula is C11H11N5O3S2. The second-order valence-electron chi connectivity index (χ2n) is 4.20. The first kappa shape index (κ1) is 14.2. The van der Waals surface area contributed by atoms with Crippen LogP contribution in [0.5, 0.6) is 0 Å². The first-order valence-electron chi connectivity index (χ1n) is 5.88. The number of nitrogens with one attached hydrogen (secondary N) is 1. The maximum absolute atomic E-state index is 11.9. The molecule has 3 heterocycles. The second-order valence-corrected chi connectivity index (χ2v) is 6.05. The number of fused-ring (bicyclic) bond motifs is 2. The van der Waals surface area contributed by atoms with E-state index in [1.807, 2.05) is 6.26 Å². The first-order valence-corrected chi connectivity index (χ1v) is 7.92. The molecule has 1 unspecified atom stereocenters. The number of thioether (sulfide) groups is 1. The van der Waals surface area contributed by atoms with Crippen molar-refractivity contribution in [2.45, 2.75) is 11.0 Å². The number of nitrogens with two attached hydrogens (primary N) is 1. The van der Waals surface area contributed by atoms with Crippen LogP contribution < -0.4 is 11.3 Å². The zero-order valence-corrected chi connectivity index (χ0v) is 12.5. The topological polar surface area (TPSA) is 138 Å². The highest BCUT2D eigenvalue weighted by Crippen LogP contribution is 2.39. The highest BCUT2D eigenvalue weighted by molar-refractivity contribution is 7.99. The van der Waals surface area contributed by atoms with Gasteiger partial charge in [0.15, 0.2) is 11.2 Å². The van der Waals surface area contributed by atoms with Crippen molar-refractivity contribution in [3.63, 3.8) is 0 Å². The zero-order valence-electron chi connectivity index (χ0n) is 10.8. The lowest BCUT2D eigenvalue weighted by Crippen LogP contribution is -2.13. The first-order chi connectivity index (χ1) is 10.0. The van der Waals surface area contributed by atoms with Crippen LogP contribution in [-0.4, -0.2) is 43.0 Å². The van der Waals surface area contributed by atoms with Crippen LogP contribution in [0.4, 0.5) is 5.95 Å². The van der Waals surface area contributed by atoms with E-state index < -0.39 is 18.3 Å². The normalized spacial score (nSPS) is 13.1. The number of aliphatic hydroxyl groups excluding tert-OH is 2. The Morgan fingerprint density at radius 2 is 2.14 bits per heavy atom. The summed E-state index contributed by atoms with van der Waals surface area (Å²) in [6.45, 7) is -0.397. The van der Waals surface area contributed by atoms with Gasteiger partial charge in [-0.3, -0.25) is 9.78 Å². The lowest BCUT2D eigenvalue weighted by Gasteiger charge is -2.05. The summed E-state index contributed by atoms with van der Waals surface area (Å²) in [5.41, 5.74) is 5.79. The van der Waals surface area contributed by atoms with E-state index in [0.717, 1.165) is 0 Å². The molecule has 0 bridgehead atoms. The lowest BCUT2D eigenvalue weighted by molar-refractivity contribution is 0.0967. The fraction of sp³-hybridized carbons (Fsp3) is 0.273. The Labute approximate surface area is 126 Å². The molecule has 0 aliphatic rings. The van der Waals surface area contributed by atoms with Crippen molar-refractivity contribution in [1.82, 2.24) is 19.9 Å². The summed E-state index contributed by atoms with van der Waals surface area (Å²) in [5, 5.41) is 19.0. The third-order valence-corrected chi connectivity index (χ3v) is 4.98. The number of aromatic amines is 1. The minimum Gasteiger partial charge on any atom is -0.393 e. The molecule has 0 aliphatic carbocycles. The van der Waals surface area contributed by atoms with E-state index >= 15 is 0 Å². The van der Waals surface area contributed by atoms with Crippen LogP contribution >= 0.6 is 23.1 Å². The average molecular weight is 328 g/mol. The number of aliphatic hydroxyl groups is 2. The molecule has 3 rings (SSSR count). The van der Waals surface area contributed by atoms with Crippen LogP contribution in [0.2, 0.25) is 0 Å². The van der Waals surface area contributed by atoms with Crippen molar-refractivity contribution in [2.75, 3.05) is 18.6 Å². The predicted molar refractivity (Wildman–Crippen MR) is 81.6 cm³/mol. The molecule has 3 aromatic rings. The second kappa shape index (κ2) is 5.22. The summed E-state index contributed by atoms with van der Waals surface area (Å²) in [6.07, 6.45) is 0.819. The molecule has 0 aliphatic heterocycles. The monoisotopic (exact) mass is 328 g/mol. The number of hydrogen-bond acceptors (Lipinski definition) is 9. The Balaban J connectivity index is 2.39. The Kier molecular flexibility index (Phi) is 3.53. The van der Waals surface area contributed by atoms with Crippen molar-refractivity contribution in [2.24, 2.45) is 0 Å². The van der Waals surface area contributed by atoms with Gasteiger partial charge in [0.1, 0.15) is 16.5 Å². The SMILES string of the molecule is CSc1c(C(O)CO)sc2nc3n[13c]([15NH2])[15nH]c(=O)c3nc12. The van der Waals surface area contributed by atoms with Crippen molar-refractivity contribution >= 4 is 50.6 Å². The number of H-pyrrole nitrogens is 1.